The van der Waals surface area contributed by atoms with Crippen LogP contribution >= 0.6 is 34.8 Å². The van der Waals surface area contributed by atoms with Gasteiger partial charge in [0.15, 0.2) is 5.82 Å². The Hall–Kier alpha value is -2.08. The summed E-state index contributed by atoms with van der Waals surface area (Å²) in [6, 6.07) is 10.7. The Kier molecular flexibility index (Phi) is 5.04. The standard InChI is InChI=1S/C16H12Cl3N5/c1-9-11(18)3-2-4-13(9)22-16-23-15(8-20-24-16)21-14-6-5-10(17)7-12(14)19/h2-8H,1H3,(H2,21,22,23,24). The minimum atomic E-state index is 0.343. The van der Waals surface area contributed by atoms with Gasteiger partial charge in [-0.15, -0.1) is 5.10 Å². The normalized spacial score (nSPS) is 10.5. The number of anilines is 4. The van der Waals surface area contributed by atoms with Gasteiger partial charge < -0.3 is 10.6 Å². The van der Waals surface area contributed by atoms with Gasteiger partial charge in [-0.25, -0.2) is 0 Å². The van der Waals surface area contributed by atoms with Crippen LogP contribution in [0.2, 0.25) is 15.1 Å². The first kappa shape index (κ1) is 16.8. The summed E-state index contributed by atoms with van der Waals surface area (Å²) in [5.41, 5.74) is 2.39. The smallest absolute Gasteiger partial charge is 0.249 e. The average molecular weight is 381 g/mol. The van der Waals surface area contributed by atoms with Crippen molar-refractivity contribution in [1.29, 1.82) is 0 Å². The number of nitrogens with one attached hydrogen (secondary N) is 2. The third kappa shape index (κ3) is 3.87. The molecule has 0 aliphatic carbocycles. The van der Waals surface area contributed by atoms with Gasteiger partial charge in [-0.1, -0.05) is 40.9 Å². The molecule has 0 saturated carbocycles. The van der Waals surface area contributed by atoms with Gasteiger partial charge in [0.2, 0.25) is 5.95 Å². The molecule has 0 unspecified atom stereocenters. The highest BCUT2D eigenvalue weighted by atomic mass is 35.5. The quantitative estimate of drug-likeness (QED) is 0.614. The van der Waals surface area contributed by atoms with E-state index in [4.69, 9.17) is 34.8 Å². The van der Waals surface area contributed by atoms with E-state index in [0.717, 1.165) is 11.3 Å². The number of nitrogens with zero attached hydrogens (tertiary/aromatic N) is 3. The van der Waals surface area contributed by atoms with E-state index >= 15 is 0 Å². The highest BCUT2D eigenvalue weighted by molar-refractivity contribution is 6.36. The van der Waals surface area contributed by atoms with Gasteiger partial charge in [0.05, 0.1) is 16.9 Å². The summed E-state index contributed by atoms with van der Waals surface area (Å²) in [5, 5.41) is 15.8. The Morgan fingerprint density at radius 1 is 0.917 bits per heavy atom. The summed E-state index contributed by atoms with van der Waals surface area (Å²) in [6.45, 7) is 1.91. The van der Waals surface area contributed by atoms with E-state index in [1.54, 1.807) is 18.2 Å². The van der Waals surface area contributed by atoms with Crippen LogP contribution in [0, 0.1) is 6.92 Å². The topological polar surface area (TPSA) is 62.7 Å². The number of halogens is 3. The Morgan fingerprint density at radius 2 is 1.75 bits per heavy atom. The lowest BCUT2D eigenvalue weighted by Crippen LogP contribution is -2.03. The fourth-order valence-electron chi connectivity index (χ4n) is 2.01. The molecule has 3 rings (SSSR count). The summed E-state index contributed by atoms with van der Waals surface area (Å²) < 4.78 is 0. The van der Waals surface area contributed by atoms with Crippen molar-refractivity contribution in [3.8, 4) is 0 Å². The van der Waals surface area contributed by atoms with E-state index in [1.165, 1.54) is 6.20 Å². The lowest BCUT2D eigenvalue weighted by molar-refractivity contribution is 0.982. The maximum absolute atomic E-state index is 6.15. The van der Waals surface area contributed by atoms with Crippen LogP contribution in [0.1, 0.15) is 5.56 Å². The number of hydrogen-bond donors (Lipinski definition) is 2. The van der Waals surface area contributed by atoms with Crippen LogP contribution in [0.25, 0.3) is 0 Å². The molecule has 5 nitrogen and oxygen atoms in total. The summed E-state index contributed by atoms with van der Waals surface area (Å²) in [4.78, 5) is 4.37. The zero-order valence-corrected chi connectivity index (χ0v) is 14.8. The van der Waals surface area contributed by atoms with Crippen molar-refractivity contribution >= 4 is 57.9 Å². The van der Waals surface area contributed by atoms with Crippen molar-refractivity contribution in [3.63, 3.8) is 0 Å². The predicted molar refractivity (Wildman–Crippen MR) is 99.0 cm³/mol. The van der Waals surface area contributed by atoms with Gasteiger partial charge in [-0.05, 0) is 42.8 Å². The second-order valence-electron chi connectivity index (χ2n) is 4.95. The van der Waals surface area contributed by atoms with Gasteiger partial charge in [0, 0.05) is 15.7 Å². The SMILES string of the molecule is Cc1c(Cl)cccc1Nc1nncc(Nc2ccc(Cl)cc2Cl)n1. The monoisotopic (exact) mass is 379 g/mol. The largest absolute Gasteiger partial charge is 0.338 e. The zero-order valence-electron chi connectivity index (χ0n) is 12.5. The molecule has 0 radical (unpaired) electrons. The number of rotatable bonds is 4. The van der Waals surface area contributed by atoms with E-state index in [-0.39, 0.29) is 0 Å². The lowest BCUT2D eigenvalue weighted by atomic mass is 10.2. The molecule has 1 aromatic heterocycles. The van der Waals surface area contributed by atoms with Crippen LogP contribution in [0.3, 0.4) is 0 Å². The molecule has 1 heterocycles. The maximum Gasteiger partial charge on any atom is 0.249 e. The maximum atomic E-state index is 6.15. The third-order valence-corrected chi connectivity index (χ3v) is 4.22. The van der Waals surface area contributed by atoms with Crippen LogP contribution < -0.4 is 10.6 Å². The molecule has 0 aliphatic heterocycles. The molecule has 24 heavy (non-hydrogen) atoms. The van der Waals surface area contributed by atoms with Gasteiger partial charge in [0.1, 0.15) is 0 Å². The van der Waals surface area contributed by atoms with Crippen LogP contribution in [0.15, 0.2) is 42.6 Å². The second-order valence-corrected chi connectivity index (χ2v) is 6.20. The summed E-state index contributed by atoms with van der Waals surface area (Å²) in [7, 11) is 0. The van der Waals surface area contributed by atoms with Crippen LogP contribution in [0.5, 0.6) is 0 Å². The molecule has 0 atom stereocenters. The van der Waals surface area contributed by atoms with E-state index in [0.29, 0.717) is 32.5 Å². The van der Waals surface area contributed by atoms with Crippen molar-refractivity contribution in [2.75, 3.05) is 10.6 Å². The number of benzene rings is 2. The molecule has 0 bridgehead atoms. The molecule has 0 aliphatic rings. The Bertz CT molecular complexity index is 885. The molecule has 2 N–H and O–H groups in total. The fraction of sp³-hybridized carbons (Fsp3) is 0.0625. The lowest BCUT2D eigenvalue weighted by Gasteiger charge is -2.11. The molecule has 122 valence electrons. The number of aromatic nitrogens is 3. The van der Waals surface area contributed by atoms with Crippen molar-refractivity contribution in [2.45, 2.75) is 6.92 Å². The Balaban J connectivity index is 1.82. The first-order valence-corrected chi connectivity index (χ1v) is 8.10. The Morgan fingerprint density at radius 3 is 2.54 bits per heavy atom. The molecule has 0 spiro atoms. The zero-order chi connectivity index (χ0) is 17.1. The highest BCUT2D eigenvalue weighted by Crippen LogP contribution is 2.28. The molecule has 0 amide bonds. The van der Waals surface area contributed by atoms with Gasteiger partial charge >= 0.3 is 0 Å². The van der Waals surface area contributed by atoms with Gasteiger partial charge in [0.25, 0.3) is 0 Å². The summed E-state index contributed by atoms with van der Waals surface area (Å²) in [6.07, 6.45) is 1.50. The van der Waals surface area contributed by atoms with Crippen molar-refractivity contribution in [3.05, 3.63) is 63.2 Å². The van der Waals surface area contributed by atoms with Gasteiger partial charge in [-0.2, -0.15) is 10.1 Å². The minimum Gasteiger partial charge on any atom is -0.338 e. The second kappa shape index (κ2) is 7.21. The van der Waals surface area contributed by atoms with Crippen molar-refractivity contribution in [1.82, 2.24) is 15.2 Å². The van der Waals surface area contributed by atoms with Crippen molar-refractivity contribution in [2.24, 2.45) is 0 Å². The fourth-order valence-corrected chi connectivity index (χ4v) is 2.64. The predicted octanol–water partition coefficient (Wildman–Crippen LogP) is 5.63. The first-order valence-electron chi connectivity index (χ1n) is 6.97. The molecule has 0 saturated heterocycles. The summed E-state index contributed by atoms with van der Waals surface area (Å²) in [5.74, 6) is 0.840. The number of hydrogen-bond acceptors (Lipinski definition) is 5. The average Bonchev–Trinajstić information content (AvgIpc) is 2.55. The molecule has 3 aromatic rings. The van der Waals surface area contributed by atoms with Crippen LogP contribution in [-0.4, -0.2) is 15.2 Å². The third-order valence-electron chi connectivity index (χ3n) is 3.27. The molecule has 0 fully saturated rings. The van der Waals surface area contributed by atoms with Crippen LogP contribution in [0.4, 0.5) is 23.1 Å². The summed E-state index contributed by atoms with van der Waals surface area (Å²) >= 11 is 18.2. The minimum absolute atomic E-state index is 0.343. The Labute approximate surface area is 154 Å². The highest BCUT2D eigenvalue weighted by Gasteiger charge is 2.07. The van der Waals surface area contributed by atoms with E-state index < -0.39 is 0 Å². The first-order chi connectivity index (χ1) is 11.5. The molecule has 2 aromatic carbocycles. The molecule has 8 heteroatoms. The molecular formula is C16H12Cl3N5. The van der Waals surface area contributed by atoms with E-state index in [1.807, 2.05) is 25.1 Å². The van der Waals surface area contributed by atoms with Gasteiger partial charge in [-0.3, -0.25) is 0 Å². The van der Waals surface area contributed by atoms with Crippen molar-refractivity contribution < 1.29 is 0 Å². The van der Waals surface area contributed by atoms with E-state index in [9.17, 15) is 0 Å². The molecular weight excluding hydrogens is 369 g/mol. The van der Waals surface area contributed by atoms with Crippen LogP contribution in [-0.2, 0) is 0 Å². The van der Waals surface area contributed by atoms with E-state index in [2.05, 4.69) is 25.8 Å².